The number of aromatic nitrogens is 1. The summed E-state index contributed by atoms with van der Waals surface area (Å²) in [6.07, 6.45) is 0. The summed E-state index contributed by atoms with van der Waals surface area (Å²) in [5.74, 6) is 0.101. The second-order valence-electron chi connectivity index (χ2n) is 5.40. The fraction of sp³-hybridized carbons (Fsp3) is 0.188. The number of nitrogens with one attached hydrogen (secondary N) is 1. The van der Waals surface area contributed by atoms with Crippen molar-refractivity contribution >= 4 is 27.2 Å². The molecule has 2 aromatic heterocycles. The molecule has 0 unspecified atom stereocenters. The minimum atomic E-state index is -3.72. The van der Waals surface area contributed by atoms with Crippen molar-refractivity contribution in [2.24, 2.45) is 0 Å². The molecule has 3 aromatic rings. The van der Waals surface area contributed by atoms with Crippen molar-refractivity contribution in [3.05, 3.63) is 51.7 Å². The molecule has 3 rings (SSSR count). The van der Waals surface area contributed by atoms with Crippen LogP contribution in [-0.2, 0) is 10.0 Å². The number of benzene rings is 1. The van der Waals surface area contributed by atoms with E-state index in [2.05, 4.69) is 9.88 Å². The number of hydrogen-bond acceptors (Lipinski definition) is 5. The number of rotatable bonds is 4. The van der Waals surface area contributed by atoms with Gasteiger partial charge in [0, 0.05) is 17.0 Å². The molecule has 2 heterocycles. The van der Waals surface area contributed by atoms with Crippen LogP contribution in [0.2, 0.25) is 0 Å². The fourth-order valence-electron chi connectivity index (χ4n) is 2.28. The van der Waals surface area contributed by atoms with Gasteiger partial charge in [-0.25, -0.2) is 13.1 Å². The van der Waals surface area contributed by atoms with Crippen molar-refractivity contribution in [3.63, 3.8) is 0 Å². The molecule has 0 radical (unpaired) electrons. The topological polar surface area (TPSA) is 72.2 Å². The molecule has 0 amide bonds. The number of hydrogen-bond donors (Lipinski definition) is 1. The number of sulfonamides is 1. The largest absolute Gasteiger partial charge is 0.337 e. The third-order valence-corrected chi connectivity index (χ3v) is 5.81. The molecule has 7 heteroatoms. The SMILES string of the molecule is Cc1cc(C)c(S(=O)(=O)Nc2cc(-c3ccsc3)no2)cc1C. The van der Waals surface area contributed by atoms with Crippen LogP contribution in [0.1, 0.15) is 16.7 Å². The van der Waals surface area contributed by atoms with E-state index < -0.39 is 10.0 Å². The molecule has 0 fully saturated rings. The Morgan fingerprint density at radius 1 is 1.09 bits per heavy atom. The molecule has 0 saturated carbocycles. The molecular formula is C16H16N2O3S2. The molecule has 0 atom stereocenters. The lowest BCUT2D eigenvalue weighted by Crippen LogP contribution is -2.14. The first-order chi connectivity index (χ1) is 10.9. The summed E-state index contributed by atoms with van der Waals surface area (Å²) in [6.45, 7) is 5.62. The minimum Gasteiger partial charge on any atom is -0.337 e. The Kier molecular flexibility index (Phi) is 3.99. The van der Waals surface area contributed by atoms with E-state index in [9.17, 15) is 8.42 Å². The van der Waals surface area contributed by atoms with Crippen LogP contribution in [0.4, 0.5) is 5.88 Å². The van der Waals surface area contributed by atoms with E-state index >= 15 is 0 Å². The smallest absolute Gasteiger partial charge is 0.264 e. The number of nitrogens with zero attached hydrogens (tertiary/aromatic N) is 1. The van der Waals surface area contributed by atoms with E-state index in [-0.39, 0.29) is 10.8 Å². The van der Waals surface area contributed by atoms with Gasteiger partial charge in [-0.2, -0.15) is 11.3 Å². The zero-order valence-electron chi connectivity index (χ0n) is 13.0. The minimum absolute atomic E-state index is 0.101. The first-order valence-corrected chi connectivity index (χ1v) is 9.39. The van der Waals surface area contributed by atoms with Crippen LogP contribution in [-0.4, -0.2) is 13.6 Å². The normalized spacial score (nSPS) is 11.6. The summed E-state index contributed by atoms with van der Waals surface area (Å²) in [5, 5.41) is 7.74. The highest BCUT2D eigenvalue weighted by molar-refractivity contribution is 7.92. The first-order valence-electron chi connectivity index (χ1n) is 6.97. The van der Waals surface area contributed by atoms with Crippen LogP contribution in [0, 0.1) is 20.8 Å². The molecule has 0 saturated heterocycles. The molecule has 0 spiro atoms. The van der Waals surface area contributed by atoms with E-state index in [1.165, 1.54) is 11.3 Å². The maximum absolute atomic E-state index is 12.6. The van der Waals surface area contributed by atoms with Crippen molar-refractivity contribution in [1.29, 1.82) is 0 Å². The van der Waals surface area contributed by atoms with Crippen LogP contribution >= 0.6 is 11.3 Å². The van der Waals surface area contributed by atoms with Crippen molar-refractivity contribution in [2.75, 3.05) is 4.72 Å². The van der Waals surface area contributed by atoms with E-state index in [4.69, 9.17) is 4.52 Å². The third-order valence-electron chi connectivity index (χ3n) is 3.64. The Morgan fingerprint density at radius 2 is 1.83 bits per heavy atom. The Balaban J connectivity index is 1.92. The zero-order chi connectivity index (χ0) is 16.6. The molecule has 0 aliphatic rings. The highest BCUT2D eigenvalue weighted by Gasteiger charge is 2.20. The van der Waals surface area contributed by atoms with Crippen LogP contribution in [0.25, 0.3) is 11.3 Å². The van der Waals surface area contributed by atoms with Crippen molar-refractivity contribution in [2.45, 2.75) is 25.7 Å². The number of anilines is 1. The maximum atomic E-state index is 12.6. The predicted octanol–water partition coefficient (Wildman–Crippen LogP) is 4.13. The van der Waals surface area contributed by atoms with Gasteiger partial charge in [0.2, 0.25) is 5.88 Å². The number of aryl methyl sites for hydroxylation is 3. The monoisotopic (exact) mass is 348 g/mol. The van der Waals surface area contributed by atoms with Gasteiger partial charge in [-0.3, -0.25) is 0 Å². The van der Waals surface area contributed by atoms with E-state index in [1.54, 1.807) is 19.1 Å². The van der Waals surface area contributed by atoms with Gasteiger partial charge < -0.3 is 4.52 Å². The molecule has 0 bridgehead atoms. The lowest BCUT2D eigenvalue weighted by atomic mass is 10.1. The standard InChI is InChI=1S/C16H16N2O3S2/c1-10-6-12(3)15(7-11(10)2)23(19,20)18-16-8-14(17-21-16)13-4-5-22-9-13/h4-9,18H,1-3H3. The van der Waals surface area contributed by atoms with E-state index in [1.807, 2.05) is 36.7 Å². The molecule has 23 heavy (non-hydrogen) atoms. The zero-order valence-corrected chi connectivity index (χ0v) is 14.6. The molecule has 0 aliphatic heterocycles. The average molecular weight is 348 g/mol. The van der Waals surface area contributed by atoms with Crippen LogP contribution < -0.4 is 4.72 Å². The van der Waals surface area contributed by atoms with Crippen molar-refractivity contribution in [1.82, 2.24) is 5.16 Å². The predicted molar refractivity (Wildman–Crippen MR) is 91.3 cm³/mol. The van der Waals surface area contributed by atoms with Gasteiger partial charge in [-0.1, -0.05) is 11.2 Å². The molecule has 120 valence electrons. The molecular weight excluding hydrogens is 332 g/mol. The molecule has 1 aromatic carbocycles. The first kappa shape index (κ1) is 15.8. The van der Waals surface area contributed by atoms with E-state index in [0.29, 0.717) is 11.3 Å². The molecule has 1 N–H and O–H groups in total. The second-order valence-corrected chi connectivity index (χ2v) is 7.83. The summed E-state index contributed by atoms with van der Waals surface area (Å²) in [6, 6.07) is 7.01. The van der Waals surface area contributed by atoms with Gasteiger partial charge in [0.05, 0.1) is 4.90 Å². The summed E-state index contributed by atoms with van der Waals surface area (Å²) in [4.78, 5) is 0.245. The van der Waals surface area contributed by atoms with Gasteiger partial charge in [-0.15, -0.1) is 0 Å². The molecule has 0 aliphatic carbocycles. The van der Waals surface area contributed by atoms with Gasteiger partial charge >= 0.3 is 0 Å². The van der Waals surface area contributed by atoms with Crippen molar-refractivity contribution < 1.29 is 12.9 Å². The highest BCUT2D eigenvalue weighted by atomic mass is 32.2. The quantitative estimate of drug-likeness (QED) is 0.769. The lowest BCUT2D eigenvalue weighted by Gasteiger charge is -2.10. The van der Waals surface area contributed by atoms with Gasteiger partial charge in [0.25, 0.3) is 10.0 Å². The Bertz CT molecular complexity index is 942. The van der Waals surface area contributed by atoms with Crippen LogP contribution in [0.15, 0.2) is 44.4 Å². The lowest BCUT2D eigenvalue weighted by molar-refractivity contribution is 0.438. The summed E-state index contributed by atoms with van der Waals surface area (Å²) in [7, 11) is -3.72. The van der Waals surface area contributed by atoms with Gasteiger partial charge in [-0.05, 0) is 55.0 Å². The maximum Gasteiger partial charge on any atom is 0.264 e. The second kappa shape index (κ2) is 5.82. The third kappa shape index (κ3) is 3.16. The Morgan fingerprint density at radius 3 is 2.52 bits per heavy atom. The Labute approximate surface area is 139 Å². The summed E-state index contributed by atoms with van der Waals surface area (Å²) in [5.41, 5.74) is 4.17. The summed E-state index contributed by atoms with van der Waals surface area (Å²) >= 11 is 1.54. The Hall–Kier alpha value is -2.12. The van der Waals surface area contributed by atoms with Crippen LogP contribution in [0.5, 0.6) is 0 Å². The van der Waals surface area contributed by atoms with Gasteiger partial charge in [0.15, 0.2) is 0 Å². The molecule has 5 nitrogen and oxygen atoms in total. The number of thiophene rings is 1. The summed E-state index contributed by atoms with van der Waals surface area (Å²) < 4.78 is 32.7. The average Bonchev–Trinajstić information content (AvgIpc) is 3.12. The highest BCUT2D eigenvalue weighted by Crippen LogP contribution is 2.26. The van der Waals surface area contributed by atoms with E-state index in [0.717, 1.165) is 16.7 Å². The van der Waals surface area contributed by atoms with Crippen LogP contribution in [0.3, 0.4) is 0 Å². The van der Waals surface area contributed by atoms with Gasteiger partial charge in [0.1, 0.15) is 5.69 Å². The fourth-order valence-corrected chi connectivity index (χ4v) is 4.22. The van der Waals surface area contributed by atoms with Crippen molar-refractivity contribution in [3.8, 4) is 11.3 Å².